The average Bonchev–Trinajstić information content (AvgIpc) is 2.17. The van der Waals surface area contributed by atoms with Crippen LogP contribution in [0.2, 0.25) is 5.02 Å². The molecule has 0 aliphatic rings. The summed E-state index contributed by atoms with van der Waals surface area (Å²) in [6, 6.07) is 5.28. The molecular weight excluding hydrogens is 188 g/mol. The standard InChI is InChI=1S/C8H7ClN4/c9-5-1-2-6-7(3-5)12-13-8(4-10)11-6/h1-3H,4,10H2. The molecular formula is C8H7ClN4. The fourth-order valence-electron chi connectivity index (χ4n) is 1.03. The van der Waals surface area contributed by atoms with Crippen molar-refractivity contribution in [3.8, 4) is 0 Å². The van der Waals surface area contributed by atoms with Gasteiger partial charge in [-0.15, -0.1) is 10.2 Å². The maximum atomic E-state index is 5.77. The van der Waals surface area contributed by atoms with Gasteiger partial charge in [0.15, 0.2) is 5.82 Å². The summed E-state index contributed by atoms with van der Waals surface area (Å²) >= 11 is 5.77. The second-order valence-corrected chi connectivity index (χ2v) is 3.00. The number of rotatable bonds is 1. The fourth-order valence-corrected chi connectivity index (χ4v) is 1.20. The van der Waals surface area contributed by atoms with Gasteiger partial charge in [0, 0.05) is 5.02 Å². The van der Waals surface area contributed by atoms with Crippen molar-refractivity contribution in [1.82, 2.24) is 15.2 Å². The maximum absolute atomic E-state index is 5.77. The monoisotopic (exact) mass is 194 g/mol. The van der Waals surface area contributed by atoms with Crippen LogP contribution in [0, 0.1) is 0 Å². The van der Waals surface area contributed by atoms with Crippen LogP contribution in [0.1, 0.15) is 5.82 Å². The third-order valence-corrected chi connectivity index (χ3v) is 1.88. The largest absolute Gasteiger partial charge is 0.324 e. The summed E-state index contributed by atoms with van der Waals surface area (Å²) < 4.78 is 0. The minimum Gasteiger partial charge on any atom is -0.324 e. The van der Waals surface area contributed by atoms with Gasteiger partial charge in [-0.2, -0.15) is 0 Å². The van der Waals surface area contributed by atoms with Crippen LogP contribution in [-0.2, 0) is 6.54 Å². The summed E-state index contributed by atoms with van der Waals surface area (Å²) in [5, 5.41) is 8.39. The molecule has 0 amide bonds. The van der Waals surface area contributed by atoms with E-state index in [0.29, 0.717) is 22.9 Å². The highest BCUT2D eigenvalue weighted by molar-refractivity contribution is 6.31. The molecule has 66 valence electrons. The van der Waals surface area contributed by atoms with Crippen molar-refractivity contribution < 1.29 is 0 Å². The summed E-state index contributed by atoms with van der Waals surface area (Å²) in [5.41, 5.74) is 6.83. The van der Waals surface area contributed by atoms with E-state index in [-0.39, 0.29) is 0 Å². The first-order chi connectivity index (χ1) is 6.29. The van der Waals surface area contributed by atoms with Crippen LogP contribution in [0.5, 0.6) is 0 Å². The molecule has 1 aromatic carbocycles. The second-order valence-electron chi connectivity index (χ2n) is 2.57. The molecule has 13 heavy (non-hydrogen) atoms. The van der Waals surface area contributed by atoms with Crippen molar-refractivity contribution >= 4 is 22.6 Å². The van der Waals surface area contributed by atoms with Crippen LogP contribution >= 0.6 is 11.6 Å². The molecule has 2 N–H and O–H groups in total. The first kappa shape index (κ1) is 8.34. The topological polar surface area (TPSA) is 64.7 Å². The van der Waals surface area contributed by atoms with Gasteiger partial charge in [0.25, 0.3) is 0 Å². The highest BCUT2D eigenvalue weighted by Gasteiger charge is 1.99. The Labute approximate surface area is 79.7 Å². The first-order valence-corrected chi connectivity index (χ1v) is 4.16. The Balaban J connectivity index is 2.66. The predicted octanol–water partition coefficient (Wildman–Crippen LogP) is 1.14. The van der Waals surface area contributed by atoms with Gasteiger partial charge in [-0.3, -0.25) is 0 Å². The lowest BCUT2D eigenvalue weighted by atomic mass is 10.3. The van der Waals surface area contributed by atoms with Gasteiger partial charge >= 0.3 is 0 Å². The molecule has 0 spiro atoms. The van der Waals surface area contributed by atoms with Crippen molar-refractivity contribution in [2.24, 2.45) is 5.73 Å². The number of hydrogen-bond acceptors (Lipinski definition) is 4. The molecule has 4 nitrogen and oxygen atoms in total. The quantitative estimate of drug-likeness (QED) is 0.740. The first-order valence-electron chi connectivity index (χ1n) is 3.78. The SMILES string of the molecule is NCc1nnc2cc(Cl)ccc2n1. The van der Waals surface area contributed by atoms with E-state index < -0.39 is 0 Å². The number of nitrogens with two attached hydrogens (primary N) is 1. The van der Waals surface area contributed by atoms with Crippen LogP contribution in [-0.4, -0.2) is 15.2 Å². The van der Waals surface area contributed by atoms with Crippen LogP contribution in [0.3, 0.4) is 0 Å². The van der Waals surface area contributed by atoms with Crippen LogP contribution < -0.4 is 5.73 Å². The third-order valence-electron chi connectivity index (χ3n) is 1.64. The Hall–Kier alpha value is -1.26. The highest BCUT2D eigenvalue weighted by atomic mass is 35.5. The van der Waals surface area contributed by atoms with Crippen molar-refractivity contribution in [3.05, 3.63) is 29.0 Å². The molecule has 1 aromatic heterocycles. The van der Waals surface area contributed by atoms with Gasteiger partial charge < -0.3 is 5.73 Å². The van der Waals surface area contributed by atoms with Gasteiger partial charge in [-0.05, 0) is 18.2 Å². The average molecular weight is 195 g/mol. The van der Waals surface area contributed by atoms with E-state index >= 15 is 0 Å². The lowest BCUT2D eigenvalue weighted by Crippen LogP contribution is -2.04. The molecule has 0 saturated heterocycles. The number of aromatic nitrogens is 3. The minimum atomic E-state index is 0.297. The molecule has 5 heteroatoms. The number of benzene rings is 1. The lowest BCUT2D eigenvalue weighted by molar-refractivity contribution is 0.859. The van der Waals surface area contributed by atoms with Crippen molar-refractivity contribution in [2.45, 2.75) is 6.54 Å². The van der Waals surface area contributed by atoms with Gasteiger partial charge in [0.1, 0.15) is 5.52 Å². The maximum Gasteiger partial charge on any atom is 0.165 e. The predicted molar refractivity (Wildman–Crippen MR) is 50.2 cm³/mol. The van der Waals surface area contributed by atoms with E-state index in [1.165, 1.54) is 0 Å². The highest BCUT2D eigenvalue weighted by Crippen LogP contribution is 2.14. The van der Waals surface area contributed by atoms with Crippen molar-refractivity contribution in [3.63, 3.8) is 0 Å². The zero-order chi connectivity index (χ0) is 9.26. The van der Waals surface area contributed by atoms with Crippen molar-refractivity contribution in [1.29, 1.82) is 0 Å². The molecule has 2 aromatic rings. The molecule has 0 unspecified atom stereocenters. The Morgan fingerprint density at radius 1 is 1.23 bits per heavy atom. The number of halogens is 1. The van der Waals surface area contributed by atoms with E-state index in [9.17, 15) is 0 Å². The smallest absolute Gasteiger partial charge is 0.165 e. The Morgan fingerprint density at radius 3 is 2.85 bits per heavy atom. The summed E-state index contributed by atoms with van der Waals surface area (Å²) in [5.74, 6) is 0.537. The second kappa shape index (κ2) is 3.24. The van der Waals surface area contributed by atoms with Crippen LogP contribution in [0.25, 0.3) is 11.0 Å². The van der Waals surface area contributed by atoms with Crippen LogP contribution in [0.4, 0.5) is 0 Å². The van der Waals surface area contributed by atoms with Gasteiger partial charge in [-0.25, -0.2) is 4.98 Å². The number of nitrogens with zero attached hydrogens (tertiary/aromatic N) is 3. The van der Waals surface area contributed by atoms with E-state index in [4.69, 9.17) is 17.3 Å². The normalized spacial score (nSPS) is 10.6. The molecule has 0 atom stereocenters. The molecule has 0 radical (unpaired) electrons. The van der Waals surface area contributed by atoms with Gasteiger partial charge in [0.05, 0.1) is 12.1 Å². The molecule has 0 saturated carbocycles. The summed E-state index contributed by atoms with van der Waals surface area (Å²) in [7, 11) is 0. The molecule has 0 aliphatic heterocycles. The third kappa shape index (κ3) is 1.59. The molecule has 2 rings (SSSR count). The van der Waals surface area contributed by atoms with E-state index in [2.05, 4.69) is 15.2 Å². The molecule has 1 heterocycles. The van der Waals surface area contributed by atoms with E-state index in [1.54, 1.807) is 18.2 Å². The molecule has 0 bridgehead atoms. The Kier molecular flexibility index (Phi) is 2.08. The fraction of sp³-hybridized carbons (Fsp3) is 0.125. The van der Waals surface area contributed by atoms with Gasteiger partial charge in [-0.1, -0.05) is 11.6 Å². The number of fused-ring (bicyclic) bond motifs is 1. The summed E-state index contributed by atoms with van der Waals surface area (Å²) in [6.07, 6.45) is 0. The Morgan fingerprint density at radius 2 is 2.08 bits per heavy atom. The molecule has 0 fully saturated rings. The zero-order valence-electron chi connectivity index (χ0n) is 6.74. The van der Waals surface area contributed by atoms with E-state index in [0.717, 1.165) is 5.52 Å². The Bertz CT molecular complexity index is 443. The minimum absolute atomic E-state index is 0.297. The van der Waals surface area contributed by atoms with Crippen molar-refractivity contribution in [2.75, 3.05) is 0 Å². The van der Waals surface area contributed by atoms with Gasteiger partial charge in [0.2, 0.25) is 0 Å². The van der Waals surface area contributed by atoms with E-state index in [1.807, 2.05) is 0 Å². The zero-order valence-corrected chi connectivity index (χ0v) is 7.49. The lowest BCUT2D eigenvalue weighted by Gasteiger charge is -1.97. The summed E-state index contributed by atoms with van der Waals surface area (Å²) in [6.45, 7) is 0.297. The molecule has 0 aliphatic carbocycles. The van der Waals surface area contributed by atoms with Crippen LogP contribution in [0.15, 0.2) is 18.2 Å². The summed E-state index contributed by atoms with van der Waals surface area (Å²) in [4.78, 5) is 4.18. The number of hydrogen-bond donors (Lipinski definition) is 1.